The molecule has 1 fully saturated rings. The van der Waals surface area contributed by atoms with Gasteiger partial charge in [0.25, 0.3) is 0 Å². The second kappa shape index (κ2) is 11.5. The molecule has 134 valence electrons. The zero-order valence-corrected chi connectivity index (χ0v) is 14.4. The minimum atomic E-state index is -0.429. The van der Waals surface area contributed by atoms with Crippen LogP contribution in [-0.4, -0.2) is 85.3 Å². The molecule has 1 heterocycles. The Morgan fingerprint density at radius 1 is 1.52 bits per heavy atom. The standard InChI is InChI=1S/C16H32N4O3/c1-13-15(6-9-20(13)16(23)12-17-2)19-8-3-5-14(22)11-18-7-4-10-21/h7,13-15,17,19,21-22H,3-6,8-12H2,1-2H3/t13-,14?,15-/m1/s1. The van der Waals surface area contributed by atoms with Gasteiger partial charge < -0.3 is 25.7 Å². The van der Waals surface area contributed by atoms with Crippen molar-refractivity contribution in [2.45, 2.75) is 50.8 Å². The van der Waals surface area contributed by atoms with Crippen molar-refractivity contribution in [3.63, 3.8) is 0 Å². The number of nitrogens with zero attached hydrogens (tertiary/aromatic N) is 2. The third-order valence-corrected chi connectivity index (χ3v) is 4.23. The van der Waals surface area contributed by atoms with Gasteiger partial charge in [-0.15, -0.1) is 0 Å². The van der Waals surface area contributed by atoms with E-state index in [4.69, 9.17) is 5.11 Å². The van der Waals surface area contributed by atoms with E-state index in [1.165, 1.54) is 0 Å². The SMILES string of the molecule is CNCC(=O)N1CC[C@@H](NCCCC(O)CN=CCCO)[C@H]1C. The summed E-state index contributed by atoms with van der Waals surface area (Å²) in [5.74, 6) is 0.153. The Labute approximate surface area is 139 Å². The number of rotatable bonds is 11. The molecule has 0 bridgehead atoms. The van der Waals surface area contributed by atoms with Gasteiger partial charge >= 0.3 is 0 Å². The molecule has 7 nitrogen and oxygen atoms in total. The zero-order valence-electron chi connectivity index (χ0n) is 14.4. The highest BCUT2D eigenvalue weighted by molar-refractivity contribution is 5.79. The van der Waals surface area contributed by atoms with E-state index in [0.29, 0.717) is 32.0 Å². The number of aliphatic imine (C=N–C) groups is 1. The van der Waals surface area contributed by atoms with Gasteiger partial charge in [0.05, 0.1) is 19.2 Å². The van der Waals surface area contributed by atoms with Crippen LogP contribution in [0.25, 0.3) is 0 Å². The average Bonchev–Trinajstić information content (AvgIpc) is 2.89. The van der Waals surface area contributed by atoms with Gasteiger partial charge in [0.15, 0.2) is 0 Å². The number of hydrogen-bond donors (Lipinski definition) is 4. The van der Waals surface area contributed by atoms with Crippen LogP contribution in [-0.2, 0) is 4.79 Å². The second-order valence-corrected chi connectivity index (χ2v) is 6.06. The number of likely N-dealkylation sites (tertiary alicyclic amines) is 1. The lowest BCUT2D eigenvalue weighted by Gasteiger charge is -2.25. The Hall–Kier alpha value is -1.02. The first-order chi connectivity index (χ1) is 11.1. The van der Waals surface area contributed by atoms with Crippen LogP contribution in [0.4, 0.5) is 0 Å². The number of aliphatic hydroxyl groups is 2. The molecule has 3 atom stereocenters. The van der Waals surface area contributed by atoms with Crippen molar-refractivity contribution >= 4 is 12.1 Å². The number of carbonyl (C=O) groups is 1. The normalized spacial score (nSPS) is 22.9. The van der Waals surface area contributed by atoms with Gasteiger partial charge in [-0.3, -0.25) is 9.79 Å². The molecule has 0 saturated carbocycles. The molecule has 1 aliphatic heterocycles. The maximum Gasteiger partial charge on any atom is 0.236 e. The number of amides is 1. The van der Waals surface area contributed by atoms with Gasteiger partial charge in [0, 0.05) is 37.9 Å². The summed E-state index contributed by atoms with van der Waals surface area (Å²) in [5, 5.41) is 24.8. The highest BCUT2D eigenvalue weighted by atomic mass is 16.3. The molecule has 0 aliphatic carbocycles. The lowest BCUT2D eigenvalue weighted by molar-refractivity contribution is -0.130. The first-order valence-electron chi connectivity index (χ1n) is 8.54. The molecule has 0 radical (unpaired) electrons. The van der Waals surface area contributed by atoms with Crippen molar-refractivity contribution in [1.82, 2.24) is 15.5 Å². The van der Waals surface area contributed by atoms with Crippen molar-refractivity contribution in [3.8, 4) is 0 Å². The molecule has 1 rings (SSSR count). The van der Waals surface area contributed by atoms with Crippen molar-refractivity contribution < 1.29 is 15.0 Å². The highest BCUT2D eigenvalue weighted by Crippen LogP contribution is 2.17. The van der Waals surface area contributed by atoms with Crippen molar-refractivity contribution in [3.05, 3.63) is 0 Å². The fourth-order valence-corrected chi connectivity index (χ4v) is 2.88. The minimum Gasteiger partial charge on any atom is -0.396 e. The third kappa shape index (κ3) is 7.39. The van der Waals surface area contributed by atoms with E-state index in [9.17, 15) is 9.90 Å². The minimum absolute atomic E-state index is 0.0942. The average molecular weight is 328 g/mol. The van der Waals surface area contributed by atoms with E-state index in [0.717, 1.165) is 25.9 Å². The molecule has 1 amide bonds. The number of nitrogens with one attached hydrogen (secondary N) is 2. The molecule has 7 heteroatoms. The summed E-state index contributed by atoms with van der Waals surface area (Å²) in [4.78, 5) is 17.9. The number of likely N-dealkylation sites (N-methyl/N-ethyl adjacent to an activating group) is 1. The number of carbonyl (C=O) groups excluding carboxylic acids is 1. The van der Waals surface area contributed by atoms with Crippen LogP contribution in [0.3, 0.4) is 0 Å². The van der Waals surface area contributed by atoms with Crippen LogP contribution in [0.5, 0.6) is 0 Å². The Morgan fingerprint density at radius 3 is 3.00 bits per heavy atom. The molecule has 23 heavy (non-hydrogen) atoms. The largest absolute Gasteiger partial charge is 0.396 e. The maximum absolute atomic E-state index is 11.9. The van der Waals surface area contributed by atoms with E-state index in [1.54, 1.807) is 13.3 Å². The van der Waals surface area contributed by atoms with Crippen LogP contribution in [0.15, 0.2) is 4.99 Å². The molecule has 0 aromatic heterocycles. The van der Waals surface area contributed by atoms with Gasteiger partial charge in [-0.2, -0.15) is 0 Å². The quantitative estimate of drug-likeness (QED) is 0.299. The summed E-state index contributed by atoms with van der Waals surface area (Å²) in [6.45, 7) is 4.61. The highest BCUT2D eigenvalue weighted by Gasteiger charge is 2.32. The summed E-state index contributed by atoms with van der Waals surface area (Å²) in [6, 6.07) is 0.541. The third-order valence-electron chi connectivity index (χ3n) is 4.23. The predicted molar refractivity (Wildman–Crippen MR) is 91.8 cm³/mol. The molecule has 1 aliphatic rings. The Kier molecular flexibility index (Phi) is 10.0. The van der Waals surface area contributed by atoms with Crippen LogP contribution in [0, 0.1) is 0 Å². The van der Waals surface area contributed by atoms with Crippen LogP contribution < -0.4 is 10.6 Å². The number of aliphatic hydroxyl groups excluding tert-OH is 2. The topological polar surface area (TPSA) is 97.2 Å². The molecular formula is C16H32N4O3. The van der Waals surface area contributed by atoms with Crippen molar-refractivity contribution in [2.24, 2.45) is 4.99 Å². The van der Waals surface area contributed by atoms with Crippen LogP contribution >= 0.6 is 0 Å². The molecule has 4 N–H and O–H groups in total. The summed E-state index contributed by atoms with van der Waals surface area (Å²) in [5.41, 5.74) is 0. The molecular weight excluding hydrogens is 296 g/mol. The lowest BCUT2D eigenvalue weighted by Crippen LogP contribution is -2.45. The van der Waals surface area contributed by atoms with Gasteiger partial charge in [-0.05, 0) is 39.8 Å². The molecule has 0 aromatic rings. The first-order valence-corrected chi connectivity index (χ1v) is 8.54. The molecule has 0 aromatic carbocycles. The summed E-state index contributed by atoms with van der Waals surface area (Å²) in [6.07, 6.45) is 4.32. The van der Waals surface area contributed by atoms with E-state index >= 15 is 0 Å². The van der Waals surface area contributed by atoms with E-state index in [2.05, 4.69) is 22.5 Å². The van der Waals surface area contributed by atoms with E-state index in [-0.39, 0.29) is 18.6 Å². The van der Waals surface area contributed by atoms with Crippen molar-refractivity contribution in [1.29, 1.82) is 0 Å². The summed E-state index contributed by atoms with van der Waals surface area (Å²) in [7, 11) is 1.79. The first kappa shape index (κ1) is 20.0. The monoisotopic (exact) mass is 328 g/mol. The van der Waals surface area contributed by atoms with Gasteiger partial charge in [-0.1, -0.05) is 0 Å². The summed E-state index contributed by atoms with van der Waals surface area (Å²) < 4.78 is 0. The Balaban J connectivity index is 2.15. The number of hydrogen-bond acceptors (Lipinski definition) is 6. The molecule has 1 saturated heterocycles. The van der Waals surface area contributed by atoms with Crippen LogP contribution in [0.2, 0.25) is 0 Å². The van der Waals surface area contributed by atoms with Crippen LogP contribution in [0.1, 0.15) is 32.6 Å². The Bertz CT molecular complexity index is 365. The molecule has 0 spiro atoms. The zero-order chi connectivity index (χ0) is 17.1. The van der Waals surface area contributed by atoms with Crippen molar-refractivity contribution in [2.75, 3.05) is 39.8 Å². The van der Waals surface area contributed by atoms with Gasteiger partial charge in [0.2, 0.25) is 5.91 Å². The second-order valence-electron chi connectivity index (χ2n) is 6.06. The fraction of sp³-hybridized carbons (Fsp3) is 0.875. The predicted octanol–water partition coefficient (Wildman–Crippen LogP) is -0.621. The maximum atomic E-state index is 11.9. The van der Waals surface area contributed by atoms with Gasteiger partial charge in [-0.25, -0.2) is 0 Å². The lowest BCUT2D eigenvalue weighted by atomic mass is 10.1. The smallest absolute Gasteiger partial charge is 0.236 e. The Morgan fingerprint density at radius 2 is 2.30 bits per heavy atom. The fourth-order valence-electron chi connectivity index (χ4n) is 2.88. The molecule has 1 unspecified atom stereocenters. The van der Waals surface area contributed by atoms with E-state index in [1.807, 2.05) is 4.90 Å². The van der Waals surface area contributed by atoms with E-state index < -0.39 is 6.10 Å². The summed E-state index contributed by atoms with van der Waals surface area (Å²) >= 11 is 0. The van der Waals surface area contributed by atoms with Gasteiger partial charge in [0.1, 0.15) is 0 Å².